The minimum absolute atomic E-state index is 0.0541. The van der Waals surface area contributed by atoms with Gasteiger partial charge in [-0.05, 0) is 47.2 Å². The highest BCUT2D eigenvalue weighted by Crippen LogP contribution is 2.22. The number of carbonyl (C=O) groups excluding carboxylic acids is 1. The van der Waals surface area contributed by atoms with Crippen LogP contribution in [0.2, 0.25) is 0 Å². The number of ether oxygens (including phenoxy) is 1. The van der Waals surface area contributed by atoms with Crippen LogP contribution in [0, 0.1) is 5.92 Å². The fourth-order valence-corrected chi connectivity index (χ4v) is 2.66. The normalized spacial score (nSPS) is 11.8. The van der Waals surface area contributed by atoms with Gasteiger partial charge in [-0.1, -0.05) is 56.7 Å². The van der Waals surface area contributed by atoms with Crippen molar-refractivity contribution in [3.63, 3.8) is 0 Å². The van der Waals surface area contributed by atoms with E-state index in [-0.39, 0.29) is 6.01 Å². The van der Waals surface area contributed by atoms with Gasteiger partial charge in [0.1, 0.15) is 0 Å². The first-order chi connectivity index (χ1) is 12.7. The van der Waals surface area contributed by atoms with Gasteiger partial charge in [0.2, 0.25) is 0 Å². The number of hydrogen-bond acceptors (Lipinski definition) is 4. The fourth-order valence-electron chi connectivity index (χ4n) is 2.66. The summed E-state index contributed by atoms with van der Waals surface area (Å²) in [5.41, 5.74) is 4.01. The highest BCUT2D eigenvalue weighted by atomic mass is 16.5. The van der Waals surface area contributed by atoms with Crippen molar-refractivity contribution in [1.82, 2.24) is 9.97 Å². The van der Waals surface area contributed by atoms with E-state index in [1.165, 1.54) is 24.4 Å². The largest absolute Gasteiger partial charge is 0.387 e. The zero-order valence-electron chi connectivity index (χ0n) is 15.1. The molecule has 3 aromatic rings. The Morgan fingerprint density at radius 2 is 1.54 bits per heavy atom. The van der Waals surface area contributed by atoms with Crippen molar-refractivity contribution in [3.8, 4) is 17.1 Å². The van der Waals surface area contributed by atoms with Gasteiger partial charge < -0.3 is 4.74 Å². The second kappa shape index (κ2) is 8.39. The summed E-state index contributed by atoms with van der Waals surface area (Å²) in [7, 11) is 0. The molecular formula is C22H22N2O2. The van der Waals surface area contributed by atoms with Crippen molar-refractivity contribution >= 4 is 5.97 Å². The molecule has 132 valence electrons. The number of benzene rings is 2. The van der Waals surface area contributed by atoms with Crippen molar-refractivity contribution in [2.24, 2.45) is 5.92 Å². The Bertz CT molecular complexity index is 844. The lowest BCUT2D eigenvalue weighted by atomic mass is 9.96. The summed E-state index contributed by atoms with van der Waals surface area (Å²) in [4.78, 5) is 19.9. The molecule has 0 bridgehead atoms. The van der Waals surface area contributed by atoms with Gasteiger partial charge in [0, 0.05) is 12.4 Å². The lowest BCUT2D eigenvalue weighted by Gasteiger charge is -2.09. The molecule has 1 unspecified atom stereocenters. The molecule has 26 heavy (non-hydrogen) atoms. The zero-order chi connectivity index (χ0) is 18.4. The SMILES string of the molecule is CCC(C)Cc1ccc(-c2ccc(C(=O)Oc3ncccn3)cc2)cc1. The van der Waals surface area contributed by atoms with Crippen LogP contribution < -0.4 is 4.74 Å². The summed E-state index contributed by atoms with van der Waals surface area (Å²) in [6, 6.07) is 17.7. The lowest BCUT2D eigenvalue weighted by molar-refractivity contribution is 0.0719. The third-order valence-corrected chi connectivity index (χ3v) is 4.42. The summed E-state index contributed by atoms with van der Waals surface area (Å²) in [6.07, 6.45) is 5.35. The first-order valence-electron chi connectivity index (χ1n) is 8.84. The summed E-state index contributed by atoms with van der Waals surface area (Å²) < 4.78 is 5.15. The van der Waals surface area contributed by atoms with E-state index in [1.54, 1.807) is 18.2 Å². The molecule has 0 saturated heterocycles. The van der Waals surface area contributed by atoms with Gasteiger partial charge in [0.25, 0.3) is 0 Å². The van der Waals surface area contributed by atoms with Crippen LogP contribution in [0.1, 0.15) is 36.2 Å². The Hall–Kier alpha value is -3.01. The second-order valence-corrected chi connectivity index (χ2v) is 6.41. The van der Waals surface area contributed by atoms with Crippen molar-refractivity contribution in [2.45, 2.75) is 26.7 Å². The lowest BCUT2D eigenvalue weighted by Crippen LogP contribution is -2.10. The molecule has 1 heterocycles. The fraction of sp³-hybridized carbons (Fsp3) is 0.227. The molecule has 4 nitrogen and oxygen atoms in total. The molecule has 0 N–H and O–H groups in total. The van der Waals surface area contributed by atoms with Crippen LogP contribution in [-0.2, 0) is 6.42 Å². The molecule has 3 rings (SSSR count). The monoisotopic (exact) mass is 346 g/mol. The van der Waals surface area contributed by atoms with E-state index in [9.17, 15) is 4.79 Å². The summed E-state index contributed by atoms with van der Waals surface area (Å²) >= 11 is 0. The van der Waals surface area contributed by atoms with E-state index in [1.807, 2.05) is 12.1 Å². The average Bonchev–Trinajstić information content (AvgIpc) is 2.69. The number of nitrogens with zero attached hydrogens (tertiary/aromatic N) is 2. The van der Waals surface area contributed by atoms with Gasteiger partial charge in [-0.3, -0.25) is 0 Å². The number of esters is 1. The van der Waals surface area contributed by atoms with E-state index >= 15 is 0 Å². The van der Waals surface area contributed by atoms with Gasteiger partial charge >= 0.3 is 12.0 Å². The van der Waals surface area contributed by atoms with Crippen LogP contribution in [-0.4, -0.2) is 15.9 Å². The molecule has 2 aromatic carbocycles. The van der Waals surface area contributed by atoms with Crippen molar-refractivity contribution in [1.29, 1.82) is 0 Å². The maximum absolute atomic E-state index is 12.1. The molecular weight excluding hydrogens is 324 g/mol. The van der Waals surface area contributed by atoms with E-state index in [2.05, 4.69) is 48.1 Å². The molecule has 0 aliphatic heterocycles. The van der Waals surface area contributed by atoms with E-state index in [0.29, 0.717) is 11.5 Å². The second-order valence-electron chi connectivity index (χ2n) is 6.41. The van der Waals surface area contributed by atoms with Crippen LogP contribution in [0.5, 0.6) is 6.01 Å². The number of hydrogen-bond donors (Lipinski definition) is 0. The Kier molecular flexibility index (Phi) is 5.74. The van der Waals surface area contributed by atoms with Crippen LogP contribution in [0.15, 0.2) is 67.0 Å². The molecule has 0 amide bonds. The van der Waals surface area contributed by atoms with Gasteiger partial charge in [0.05, 0.1) is 5.56 Å². The Balaban J connectivity index is 1.68. The quantitative estimate of drug-likeness (QED) is 0.593. The summed E-state index contributed by atoms with van der Waals surface area (Å²) in [6.45, 7) is 4.49. The molecule has 4 heteroatoms. The highest BCUT2D eigenvalue weighted by Gasteiger charge is 2.10. The molecule has 0 aliphatic carbocycles. The third-order valence-electron chi connectivity index (χ3n) is 4.42. The number of aromatic nitrogens is 2. The third kappa shape index (κ3) is 4.54. The van der Waals surface area contributed by atoms with Crippen LogP contribution >= 0.6 is 0 Å². The first kappa shape index (κ1) is 17.8. The standard InChI is InChI=1S/C22H22N2O2/c1-3-16(2)15-17-5-7-18(8-6-17)19-9-11-20(12-10-19)21(25)26-22-23-13-4-14-24-22/h4-14,16H,3,15H2,1-2H3. The predicted molar refractivity (Wildman–Crippen MR) is 102 cm³/mol. The minimum atomic E-state index is -0.466. The van der Waals surface area contributed by atoms with Gasteiger partial charge in [-0.25, -0.2) is 14.8 Å². The first-order valence-corrected chi connectivity index (χ1v) is 8.84. The van der Waals surface area contributed by atoms with Gasteiger partial charge in [-0.2, -0.15) is 0 Å². The predicted octanol–water partition coefficient (Wildman–Crippen LogP) is 4.95. The van der Waals surface area contributed by atoms with E-state index in [0.717, 1.165) is 17.5 Å². The van der Waals surface area contributed by atoms with Crippen LogP contribution in [0.25, 0.3) is 11.1 Å². The van der Waals surface area contributed by atoms with Crippen LogP contribution in [0.3, 0.4) is 0 Å². The maximum Gasteiger partial charge on any atom is 0.345 e. The number of carbonyl (C=O) groups is 1. The Labute approximate surface area is 153 Å². The maximum atomic E-state index is 12.1. The summed E-state index contributed by atoms with van der Waals surface area (Å²) in [5, 5.41) is 0. The smallest absolute Gasteiger partial charge is 0.345 e. The minimum Gasteiger partial charge on any atom is -0.387 e. The highest BCUT2D eigenvalue weighted by molar-refractivity contribution is 5.91. The van der Waals surface area contributed by atoms with E-state index in [4.69, 9.17) is 4.74 Å². The van der Waals surface area contributed by atoms with Crippen molar-refractivity contribution in [2.75, 3.05) is 0 Å². The molecule has 1 aromatic heterocycles. The zero-order valence-corrected chi connectivity index (χ0v) is 15.1. The molecule has 1 atom stereocenters. The molecule has 0 saturated carbocycles. The number of rotatable bonds is 6. The van der Waals surface area contributed by atoms with E-state index < -0.39 is 5.97 Å². The molecule has 0 fully saturated rings. The Morgan fingerprint density at radius 3 is 2.12 bits per heavy atom. The van der Waals surface area contributed by atoms with Crippen molar-refractivity contribution < 1.29 is 9.53 Å². The van der Waals surface area contributed by atoms with Crippen LogP contribution in [0.4, 0.5) is 0 Å². The average molecular weight is 346 g/mol. The molecule has 0 radical (unpaired) electrons. The van der Waals surface area contributed by atoms with Gasteiger partial charge in [-0.15, -0.1) is 0 Å². The molecule has 0 aliphatic rings. The van der Waals surface area contributed by atoms with Crippen molar-refractivity contribution in [3.05, 3.63) is 78.1 Å². The molecule has 0 spiro atoms. The topological polar surface area (TPSA) is 52.1 Å². The van der Waals surface area contributed by atoms with Gasteiger partial charge in [0.15, 0.2) is 0 Å². The Morgan fingerprint density at radius 1 is 0.962 bits per heavy atom. The summed E-state index contributed by atoms with van der Waals surface area (Å²) in [5.74, 6) is 0.228.